The first-order chi connectivity index (χ1) is 8.83. The van der Waals surface area contributed by atoms with Gasteiger partial charge in [-0.15, -0.1) is 6.58 Å². The van der Waals surface area contributed by atoms with Gasteiger partial charge in [0, 0.05) is 12.6 Å². The van der Waals surface area contributed by atoms with Crippen molar-refractivity contribution in [2.75, 3.05) is 26.2 Å². The predicted octanol–water partition coefficient (Wildman–Crippen LogP) is 0.895. The van der Waals surface area contributed by atoms with E-state index in [0.717, 1.165) is 45.4 Å². The maximum Gasteiger partial charge on any atom is 0.237 e. The lowest BCUT2D eigenvalue weighted by Gasteiger charge is -2.35. The van der Waals surface area contributed by atoms with E-state index < -0.39 is 0 Å². The summed E-state index contributed by atoms with van der Waals surface area (Å²) in [7, 11) is 0. The van der Waals surface area contributed by atoms with Gasteiger partial charge in [0.2, 0.25) is 5.91 Å². The highest BCUT2D eigenvalue weighted by Crippen LogP contribution is 2.24. The topological polar surface area (TPSA) is 44.4 Å². The molecular weight excluding hydrogens is 226 g/mol. The Bertz CT molecular complexity index is 287. The van der Waals surface area contributed by atoms with Crippen molar-refractivity contribution in [3.8, 4) is 0 Å². The number of piperidine rings is 1. The minimum Gasteiger partial charge on any atom is -0.354 e. The van der Waals surface area contributed by atoms with Crippen LogP contribution in [-0.2, 0) is 4.79 Å². The third-order valence-corrected chi connectivity index (χ3v) is 4.02. The lowest BCUT2D eigenvalue weighted by Crippen LogP contribution is -2.50. The Morgan fingerprint density at radius 2 is 2.17 bits per heavy atom. The molecule has 2 saturated heterocycles. The molecule has 0 spiro atoms. The molecule has 0 bridgehead atoms. The maximum atomic E-state index is 12.2. The molecule has 0 aliphatic carbocycles. The quantitative estimate of drug-likeness (QED) is 0.563. The SMILES string of the molecule is C=CCCNC(=O)C1CCCN1C1CCNCC1. The van der Waals surface area contributed by atoms with E-state index in [2.05, 4.69) is 22.1 Å². The Kier molecular flexibility index (Phi) is 5.20. The number of rotatable bonds is 5. The van der Waals surface area contributed by atoms with Crippen molar-refractivity contribution in [3.05, 3.63) is 12.7 Å². The maximum absolute atomic E-state index is 12.2. The van der Waals surface area contributed by atoms with Gasteiger partial charge in [0.15, 0.2) is 0 Å². The molecule has 2 aliphatic rings. The van der Waals surface area contributed by atoms with Gasteiger partial charge in [0.1, 0.15) is 0 Å². The molecule has 0 radical (unpaired) electrons. The van der Waals surface area contributed by atoms with Gasteiger partial charge in [0.05, 0.1) is 6.04 Å². The molecule has 1 atom stereocenters. The number of likely N-dealkylation sites (tertiary alicyclic amines) is 1. The van der Waals surface area contributed by atoms with Gasteiger partial charge in [-0.2, -0.15) is 0 Å². The average molecular weight is 251 g/mol. The summed E-state index contributed by atoms with van der Waals surface area (Å²) in [5.41, 5.74) is 0. The fourth-order valence-corrected chi connectivity index (χ4v) is 3.06. The Morgan fingerprint density at radius 3 is 2.89 bits per heavy atom. The largest absolute Gasteiger partial charge is 0.354 e. The molecule has 0 saturated carbocycles. The van der Waals surface area contributed by atoms with Crippen LogP contribution in [0.4, 0.5) is 0 Å². The summed E-state index contributed by atoms with van der Waals surface area (Å²) < 4.78 is 0. The van der Waals surface area contributed by atoms with E-state index in [1.54, 1.807) is 0 Å². The van der Waals surface area contributed by atoms with Gasteiger partial charge in [-0.05, 0) is 51.7 Å². The third kappa shape index (κ3) is 3.33. The van der Waals surface area contributed by atoms with Crippen LogP contribution < -0.4 is 10.6 Å². The first-order valence-electron chi connectivity index (χ1n) is 7.18. The van der Waals surface area contributed by atoms with E-state index in [9.17, 15) is 4.79 Å². The lowest BCUT2D eigenvalue weighted by molar-refractivity contribution is -0.126. The van der Waals surface area contributed by atoms with Crippen LogP contribution in [0.15, 0.2) is 12.7 Å². The van der Waals surface area contributed by atoms with E-state index in [0.29, 0.717) is 6.04 Å². The van der Waals surface area contributed by atoms with Crippen molar-refractivity contribution in [1.82, 2.24) is 15.5 Å². The average Bonchev–Trinajstić information content (AvgIpc) is 2.89. The highest BCUT2D eigenvalue weighted by Gasteiger charge is 2.35. The summed E-state index contributed by atoms with van der Waals surface area (Å²) >= 11 is 0. The minimum atomic E-state index is 0.109. The van der Waals surface area contributed by atoms with E-state index in [1.807, 2.05) is 6.08 Å². The van der Waals surface area contributed by atoms with Gasteiger partial charge in [-0.1, -0.05) is 6.08 Å². The number of hydrogen-bond donors (Lipinski definition) is 2. The van der Waals surface area contributed by atoms with E-state index in [4.69, 9.17) is 0 Å². The van der Waals surface area contributed by atoms with Crippen LogP contribution in [0.3, 0.4) is 0 Å². The molecule has 2 fully saturated rings. The van der Waals surface area contributed by atoms with E-state index in [-0.39, 0.29) is 11.9 Å². The van der Waals surface area contributed by atoms with E-state index in [1.165, 1.54) is 12.8 Å². The van der Waals surface area contributed by atoms with Crippen LogP contribution in [0.25, 0.3) is 0 Å². The second-order valence-electron chi connectivity index (χ2n) is 5.25. The zero-order chi connectivity index (χ0) is 12.8. The molecule has 2 aliphatic heterocycles. The van der Waals surface area contributed by atoms with Crippen LogP contribution in [-0.4, -0.2) is 49.1 Å². The zero-order valence-corrected chi connectivity index (χ0v) is 11.2. The van der Waals surface area contributed by atoms with Crippen molar-refractivity contribution in [1.29, 1.82) is 0 Å². The Morgan fingerprint density at radius 1 is 1.39 bits per heavy atom. The summed E-state index contributed by atoms with van der Waals surface area (Å²) in [6, 6.07) is 0.710. The number of amides is 1. The molecule has 1 amide bonds. The number of hydrogen-bond acceptors (Lipinski definition) is 3. The summed E-state index contributed by atoms with van der Waals surface area (Å²) in [4.78, 5) is 14.6. The number of nitrogens with zero attached hydrogens (tertiary/aromatic N) is 1. The molecule has 0 aromatic rings. The summed E-state index contributed by atoms with van der Waals surface area (Å²) in [6.07, 6.45) is 7.23. The number of nitrogens with one attached hydrogen (secondary N) is 2. The van der Waals surface area contributed by atoms with Gasteiger partial charge in [0.25, 0.3) is 0 Å². The Balaban J connectivity index is 1.85. The molecule has 0 aromatic carbocycles. The van der Waals surface area contributed by atoms with Crippen molar-refractivity contribution in [3.63, 3.8) is 0 Å². The molecule has 4 heteroatoms. The van der Waals surface area contributed by atoms with Gasteiger partial charge < -0.3 is 10.6 Å². The molecule has 4 nitrogen and oxygen atoms in total. The van der Waals surface area contributed by atoms with Crippen LogP contribution in [0.1, 0.15) is 32.1 Å². The van der Waals surface area contributed by atoms with Crippen molar-refractivity contribution in [2.45, 2.75) is 44.2 Å². The van der Waals surface area contributed by atoms with Crippen molar-refractivity contribution in [2.24, 2.45) is 0 Å². The molecule has 2 N–H and O–H groups in total. The zero-order valence-electron chi connectivity index (χ0n) is 11.2. The Labute approximate surface area is 110 Å². The van der Waals surface area contributed by atoms with Crippen molar-refractivity contribution < 1.29 is 4.79 Å². The molecular formula is C14H25N3O. The second kappa shape index (κ2) is 6.90. The fraction of sp³-hybridized carbons (Fsp3) is 0.786. The van der Waals surface area contributed by atoms with Gasteiger partial charge in [-0.25, -0.2) is 0 Å². The molecule has 18 heavy (non-hydrogen) atoms. The molecule has 2 heterocycles. The fourth-order valence-electron chi connectivity index (χ4n) is 3.06. The molecule has 1 unspecified atom stereocenters. The van der Waals surface area contributed by atoms with Crippen LogP contribution in [0.5, 0.6) is 0 Å². The van der Waals surface area contributed by atoms with Gasteiger partial charge >= 0.3 is 0 Å². The molecule has 0 aromatic heterocycles. The molecule has 2 rings (SSSR count). The first kappa shape index (κ1) is 13.6. The summed E-state index contributed by atoms with van der Waals surface area (Å²) in [6.45, 7) is 7.66. The molecule has 102 valence electrons. The number of carbonyl (C=O) groups excluding carboxylic acids is 1. The highest BCUT2D eigenvalue weighted by atomic mass is 16.2. The number of carbonyl (C=O) groups is 1. The normalized spacial score (nSPS) is 26.1. The van der Waals surface area contributed by atoms with Crippen molar-refractivity contribution >= 4 is 5.91 Å². The summed E-state index contributed by atoms with van der Waals surface area (Å²) in [5.74, 6) is 0.216. The second-order valence-corrected chi connectivity index (χ2v) is 5.25. The minimum absolute atomic E-state index is 0.109. The monoisotopic (exact) mass is 251 g/mol. The smallest absolute Gasteiger partial charge is 0.237 e. The third-order valence-electron chi connectivity index (χ3n) is 4.02. The Hall–Kier alpha value is -0.870. The highest BCUT2D eigenvalue weighted by molar-refractivity contribution is 5.82. The first-order valence-corrected chi connectivity index (χ1v) is 7.18. The van der Waals surface area contributed by atoms with Crippen LogP contribution in [0, 0.1) is 0 Å². The standard InChI is InChI=1S/C14H25N3O/c1-2-3-8-16-14(18)13-5-4-11-17(13)12-6-9-15-10-7-12/h2,12-13,15H,1,3-11H2,(H,16,18). The van der Waals surface area contributed by atoms with Crippen LogP contribution in [0.2, 0.25) is 0 Å². The predicted molar refractivity (Wildman–Crippen MR) is 73.4 cm³/mol. The van der Waals surface area contributed by atoms with Gasteiger partial charge in [-0.3, -0.25) is 9.69 Å². The summed E-state index contributed by atoms with van der Waals surface area (Å²) in [5, 5.41) is 6.41. The lowest BCUT2D eigenvalue weighted by atomic mass is 10.0. The van der Waals surface area contributed by atoms with E-state index >= 15 is 0 Å². The van der Waals surface area contributed by atoms with Crippen LogP contribution >= 0.6 is 0 Å².